The molecule has 2 saturated heterocycles. The number of nitrogens with zero attached hydrogens (tertiary/aromatic N) is 2. The minimum Gasteiger partial charge on any atom is -0.508 e. The number of anilines is 2. The Kier molecular flexibility index (Phi) is 5.74. The normalized spacial score (nSPS) is 30.7. The number of imide groups is 2. The van der Waals surface area contributed by atoms with Gasteiger partial charge in [-0.2, -0.15) is 0 Å². The third-order valence-electron chi connectivity index (χ3n) is 9.58. The Morgan fingerprint density at radius 3 is 2.22 bits per heavy atom. The molecule has 2 aliphatic heterocycles. The van der Waals surface area contributed by atoms with Crippen molar-refractivity contribution in [2.24, 2.45) is 29.1 Å². The molecule has 0 unspecified atom stereocenters. The number of carbonyl (C=O) groups excluding carboxylic acids is 4. The van der Waals surface area contributed by atoms with Crippen LogP contribution in [-0.2, 0) is 19.2 Å². The smallest absolute Gasteiger partial charge is 0.241 e. The number of halogens is 1. The van der Waals surface area contributed by atoms with Gasteiger partial charge in [-0.15, -0.1) is 0 Å². The number of carbonyl (C=O) groups is 4. The van der Waals surface area contributed by atoms with E-state index in [1.54, 1.807) is 66.7 Å². The average Bonchev–Trinajstić information content (AvgIpc) is 3.33. The van der Waals surface area contributed by atoms with Gasteiger partial charge in [-0.1, -0.05) is 53.6 Å². The summed E-state index contributed by atoms with van der Waals surface area (Å²) < 4.78 is 0. The molecule has 206 valence electrons. The Labute approximate surface area is 242 Å². The lowest BCUT2D eigenvalue weighted by molar-refractivity contribution is -0.131. The minimum absolute atomic E-state index is 0.0526. The van der Waals surface area contributed by atoms with Crippen molar-refractivity contribution in [3.05, 3.63) is 101 Å². The Morgan fingerprint density at radius 1 is 0.805 bits per heavy atom. The van der Waals surface area contributed by atoms with Crippen LogP contribution >= 0.6 is 11.6 Å². The molecule has 1 saturated carbocycles. The van der Waals surface area contributed by atoms with Gasteiger partial charge >= 0.3 is 0 Å². The molecule has 0 bridgehead atoms. The van der Waals surface area contributed by atoms with Crippen molar-refractivity contribution in [3.63, 3.8) is 0 Å². The topological polar surface area (TPSA) is 95.0 Å². The molecular formula is C33H27ClN2O5. The second-order valence-corrected chi connectivity index (χ2v) is 12.0. The summed E-state index contributed by atoms with van der Waals surface area (Å²) in [6, 6.07) is 22.3. The van der Waals surface area contributed by atoms with Gasteiger partial charge in [0.15, 0.2) is 0 Å². The summed E-state index contributed by atoms with van der Waals surface area (Å²) in [6.07, 6.45) is 2.63. The second kappa shape index (κ2) is 9.14. The first kappa shape index (κ1) is 25.7. The molecule has 4 aliphatic rings. The number of amides is 4. The average molecular weight is 567 g/mol. The predicted molar refractivity (Wildman–Crippen MR) is 153 cm³/mol. The van der Waals surface area contributed by atoms with E-state index in [0.717, 1.165) is 5.57 Å². The summed E-state index contributed by atoms with van der Waals surface area (Å²) >= 11 is 6.06. The first-order valence-corrected chi connectivity index (χ1v) is 14.1. The third kappa shape index (κ3) is 3.58. The number of benzene rings is 3. The lowest BCUT2D eigenvalue weighted by Gasteiger charge is -2.49. The number of phenols is 1. The van der Waals surface area contributed by atoms with Crippen LogP contribution in [0.2, 0.25) is 5.02 Å². The molecule has 4 amide bonds. The number of para-hydroxylation sites is 1. The maximum absolute atomic E-state index is 14.3. The van der Waals surface area contributed by atoms with Crippen LogP contribution in [0.5, 0.6) is 5.75 Å². The third-order valence-corrected chi connectivity index (χ3v) is 9.83. The first-order chi connectivity index (χ1) is 19.7. The van der Waals surface area contributed by atoms with Gasteiger partial charge in [0.05, 0.1) is 34.5 Å². The van der Waals surface area contributed by atoms with E-state index < -0.39 is 35.0 Å². The highest BCUT2D eigenvalue weighted by Gasteiger charge is 2.67. The second-order valence-electron chi connectivity index (χ2n) is 11.6. The van der Waals surface area contributed by atoms with Crippen molar-refractivity contribution < 1.29 is 24.3 Å². The van der Waals surface area contributed by atoms with Crippen molar-refractivity contribution in [2.45, 2.75) is 25.7 Å². The van der Waals surface area contributed by atoms with Gasteiger partial charge in [0.1, 0.15) is 5.75 Å². The highest BCUT2D eigenvalue weighted by atomic mass is 35.5. The van der Waals surface area contributed by atoms with E-state index in [2.05, 4.69) is 0 Å². The summed E-state index contributed by atoms with van der Waals surface area (Å²) in [7, 11) is 0. The molecule has 1 N–H and O–H groups in total. The molecule has 3 aromatic rings. The number of allylic oxidation sites excluding steroid dienone is 2. The summed E-state index contributed by atoms with van der Waals surface area (Å²) in [5, 5.41) is 10.9. The molecule has 2 aliphatic carbocycles. The molecule has 7 nitrogen and oxygen atoms in total. The molecule has 41 heavy (non-hydrogen) atoms. The van der Waals surface area contributed by atoms with Crippen LogP contribution in [0.25, 0.3) is 0 Å². The van der Waals surface area contributed by atoms with Crippen molar-refractivity contribution in [1.82, 2.24) is 0 Å². The van der Waals surface area contributed by atoms with Crippen LogP contribution in [-0.4, -0.2) is 28.7 Å². The standard InChI is InChI=1S/C33H27ClN2O5/c1-33-26(30(39)36(32(33)41)20-7-3-2-4-8-20)17-25-23(28(33)18-6-5-9-22(37)16-18)14-15-24-27(25)31(40)35(29(24)38)21-12-10-19(34)11-13-21/h2-14,16,24-28,37H,15,17H2,1H3/t24-,25+,26-,27-,28-,33+/m0/s1. The monoisotopic (exact) mass is 566 g/mol. The number of rotatable bonds is 3. The van der Waals surface area contributed by atoms with E-state index in [9.17, 15) is 24.3 Å². The highest BCUT2D eigenvalue weighted by molar-refractivity contribution is 6.31. The molecule has 2 heterocycles. The number of fused-ring (bicyclic) bond motifs is 4. The summed E-state index contributed by atoms with van der Waals surface area (Å²) in [5.41, 5.74) is 1.41. The van der Waals surface area contributed by atoms with Crippen molar-refractivity contribution in [3.8, 4) is 5.75 Å². The Morgan fingerprint density at radius 2 is 1.51 bits per heavy atom. The minimum atomic E-state index is -1.14. The van der Waals surface area contributed by atoms with Crippen LogP contribution in [0.1, 0.15) is 31.2 Å². The van der Waals surface area contributed by atoms with Gasteiger partial charge in [-0.05, 0) is 79.8 Å². The Bertz CT molecular complexity index is 1650. The number of aromatic hydroxyl groups is 1. The van der Waals surface area contributed by atoms with E-state index in [-0.39, 0.29) is 35.8 Å². The van der Waals surface area contributed by atoms with Crippen LogP contribution in [0.15, 0.2) is 90.5 Å². The molecule has 3 aromatic carbocycles. The highest BCUT2D eigenvalue weighted by Crippen LogP contribution is 2.63. The van der Waals surface area contributed by atoms with Gasteiger partial charge < -0.3 is 5.11 Å². The summed E-state index contributed by atoms with van der Waals surface area (Å²) in [5.74, 6) is -4.02. The van der Waals surface area contributed by atoms with Crippen molar-refractivity contribution in [2.75, 3.05) is 9.80 Å². The van der Waals surface area contributed by atoms with Gasteiger partial charge in [0.25, 0.3) is 0 Å². The molecule has 6 atom stereocenters. The van der Waals surface area contributed by atoms with Crippen molar-refractivity contribution in [1.29, 1.82) is 0 Å². The quantitative estimate of drug-likeness (QED) is 0.334. The van der Waals surface area contributed by atoms with E-state index >= 15 is 0 Å². The SMILES string of the molecule is C[C@@]12C(=O)N(c3ccccc3)C(=O)[C@@H]1C[C@@H]1C(=CC[C@@H]3C(=O)N(c4ccc(Cl)cc4)C(=O)[C@@H]31)[C@@H]2c1cccc(O)c1. The molecule has 0 aromatic heterocycles. The van der Waals surface area contributed by atoms with Crippen molar-refractivity contribution >= 4 is 46.6 Å². The van der Waals surface area contributed by atoms with Crippen LogP contribution < -0.4 is 9.80 Å². The van der Waals surface area contributed by atoms with Crippen LogP contribution in [0.3, 0.4) is 0 Å². The van der Waals surface area contributed by atoms with E-state index in [1.807, 2.05) is 25.1 Å². The zero-order valence-electron chi connectivity index (χ0n) is 22.2. The Hall–Kier alpha value is -4.23. The number of phenolic OH excluding ortho intramolecular Hbond substituents is 1. The fourth-order valence-corrected chi connectivity index (χ4v) is 7.89. The zero-order valence-corrected chi connectivity index (χ0v) is 23.0. The van der Waals surface area contributed by atoms with Crippen LogP contribution in [0, 0.1) is 29.1 Å². The molecule has 0 radical (unpaired) electrons. The molecule has 7 rings (SSSR count). The predicted octanol–water partition coefficient (Wildman–Crippen LogP) is 5.48. The summed E-state index contributed by atoms with van der Waals surface area (Å²) in [4.78, 5) is 58.6. The maximum Gasteiger partial charge on any atom is 0.241 e. The largest absolute Gasteiger partial charge is 0.508 e. The zero-order chi connectivity index (χ0) is 28.6. The molecule has 0 spiro atoms. The van der Waals surface area contributed by atoms with Crippen LogP contribution in [0.4, 0.5) is 11.4 Å². The van der Waals surface area contributed by atoms with Gasteiger partial charge in [0, 0.05) is 10.9 Å². The number of hydrogen-bond acceptors (Lipinski definition) is 5. The summed E-state index contributed by atoms with van der Waals surface area (Å²) in [6.45, 7) is 1.83. The van der Waals surface area contributed by atoms with Gasteiger partial charge in [-0.25, -0.2) is 4.90 Å². The lowest BCUT2D eigenvalue weighted by atomic mass is 9.51. The molecular weight excluding hydrogens is 540 g/mol. The van der Waals surface area contributed by atoms with E-state index in [1.165, 1.54) is 9.80 Å². The fraction of sp³-hybridized carbons (Fsp3) is 0.273. The van der Waals surface area contributed by atoms with E-state index in [0.29, 0.717) is 28.4 Å². The fourth-order valence-electron chi connectivity index (χ4n) is 7.77. The molecule has 3 fully saturated rings. The Balaban J connectivity index is 1.36. The van der Waals surface area contributed by atoms with Gasteiger partial charge in [0.2, 0.25) is 23.6 Å². The maximum atomic E-state index is 14.3. The van der Waals surface area contributed by atoms with E-state index in [4.69, 9.17) is 11.6 Å². The molecule has 8 heteroatoms. The lowest BCUT2D eigenvalue weighted by Crippen LogP contribution is -2.48. The number of hydrogen-bond donors (Lipinski definition) is 1. The van der Waals surface area contributed by atoms with Gasteiger partial charge in [-0.3, -0.25) is 24.1 Å². The first-order valence-electron chi connectivity index (χ1n) is 13.8.